The van der Waals surface area contributed by atoms with E-state index in [-0.39, 0.29) is 10.8 Å². The molecule has 3 aromatic carbocycles. The van der Waals surface area contributed by atoms with Gasteiger partial charge in [0.05, 0.1) is 0 Å². The molecule has 4 rings (SSSR count). The molecule has 0 saturated carbocycles. The van der Waals surface area contributed by atoms with Crippen LogP contribution in [0.1, 0.15) is 57.2 Å². The second-order valence-corrected chi connectivity index (χ2v) is 9.27. The minimum absolute atomic E-state index is 0.0989. The fourth-order valence-corrected chi connectivity index (χ4v) is 4.43. The number of ether oxygens (including phenoxy) is 1. The molecule has 1 heteroatoms. The van der Waals surface area contributed by atoms with Gasteiger partial charge in [-0.1, -0.05) is 100 Å². The topological polar surface area (TPSA) is 9.23 Å². The molecule has 0 amide bonds. The van der Waals surface area contributed by atoms with Crippen molar-refractivity contribution >= 4 is 0 Å². The van der Waals surface area contributed by atoms with Crippen molar-refractivity contribution in [2.75, 3.05) is 0 Å². The largest absolute Gasteiger partial charge is 0.488 e. The molecule has 0 aliphatic heterocycles. The Balaban J connectivity index is 1.88. The van der Waals surface area contributed by atoms with E-state index in [4.69, 9.17) is 4.74 Å². The summed E-state index contributed by atoms with van der Waals surface area (Å²) >= 11 is 0. The maximum atomic E-state index is 6.60. The Morgan fingerprint density at radius 1 is 0.714 bits per heavy atom. The Bertz CT molecular complexity index is 952. The van der Waals surface area contributed by atoms with E-state index in [0.717, 1.165) is 5.75 Å². The van der Waals surface area contributed by atoms with Crippen LogP contribution in [0.3, 0.4) is 0 Å². The summed E-state index contributed by atoms with van der Waals surface area (Å²) in [6.45, 7) is 10.1. The lowest BCUT2D eigenvalue weighted by Gasteiger charge is -2.43. The second kappa shape index (κ2) is 7.13. The number of fused-ring (bicyclic) bond motifs is 1. The molecule has 1 aliphatic carbocycles. The lowest BCUT2D eigenvalue weighted by atomic mass is 9.62. The first-order valence-corrected chi connectivity index (χ1v) is 10.3. The summed E-state index contributed by atoms with van der Waals surface area (Å²) < 4.78 is 6.60. The monoisotopic (exact) mass is 370 g/mol. The summed E-state index contributed by atoms with van der Waals surface area (Å²) in [7, 11) is 0. The molecule has 144 valence electrons. The molecule has 0 atom stereocenters. The van der Waals surface area contributed by atoms with Crippen LogP contribution in [0.15, 0.2) is 72.8 Å². The van der Waals surface area contributed by atoms with Crippen molar-refractivity contribution in [2.45, 2.75) is 58.0 Å². The Morgan fingerprint density at radius 2 is 1.32 bits per heavy atom. The summed E-state index contributed by atoms with van der Waals surface area (Å²) in [4.78, 5) is 0. The van der Waals surface area contributed by atoms with Crippen LogP contribution < -0.4 is 4.74 Å². The zero-order valence-corrected chi connectivity index (χ0v) is 17.5. The third kappa shape index (κ3) is 3.46. The maximum absolute atomic E-state index is 6.60. The molecule has 0 fully saturated rings. The molecular weight excluding hydrogens is 340 g/mol. The molecule has 0 N–H and O–H groups in total. The number of hydrogen-bond acceptors (Lipinski definition) is 1. The highest BCUT2D eigenvalue weighted by Gasteiger charge is 2.40. The zero-order chi connectivity index (χ0) is 19.8. The molecule has 0 unspecified atom stereocenters. The molecule has 1 aliphatic rings. The summed E-state index contributed by atoms with van der Waals surface area (Å²) in [6.07, 6.45) is 2.38. The molecular formula is C27H30O. The van der Waals surface area contributed by atoms with Gasteiger partial charge in [-0.15, -0.1) is 0 Å². The van der Waals surface area contributed by atoms with E-state index in [2.05, 4.69) is 100 Å². The zero-order valence-electron chi connectivity index (χ0n) is 17.5. The van der Waals surface area contributed by atoms with Gasteiger partial charge in [0.1, 0.15) is 12.4 Å². The van der Waals surface area contributed by atoms with Gasteiger partial charge in [-0.25, -0.2) is 0 Å². The van der Waals surface area contributed by atoms with Crippen LogP contribution in [0, 0.1) is 0 Å². The van der Waals surface area contributed by atoms with E-state index < -0.39 is 0 Å². The molecule has 0 spiro atoms. The Hall–Kier alpha value is -2.54. The van der Waals surface area contributed by atoms with Crippen LogP contribution in [0.2, 0.25) is 0 Å². The Morgan fingerprint density at radius 3 is 2.00 bits per heavy atom. The summed E-state index contributed by atoms with van der Waals surface area (Å²) in [6, 6.07) is 25.7. The predicted octanol–water partition coefficient (Wildman–Crippen LogP) is 7.28. The van der Waals surface area contributed by atoms with Crippen molar-refractivity contribution in [3.8, 4) is 16.9 Å². The van der Waals surface area contributed by atoms with Gasteiger partial charge >= 0.3 is 0 Å². The average molecular weight is 371 g/mol. The van der Waals surface area contributed by atoms with Crippen molar-refractivity contribution in [1.82, 2.24) is 0 Å². The van der Waals surface area contributed by atoms with Crippen molar-refractivity contribution in [2.24, 2.45) is 0 Å². The smallest absolute Gasteiger partial charge is 0.131 e. The lowest BCUT2D eigenvalue weighted by molar-refractivity contribution is 0.275. The normalized spacial score (nSPS) is 17.0. The molecule has 28 heavy (non-hydrogen) atoms. The molecule has 0 heterocycles. The number of hydrogen-bond donors (Lipinski definition) is 0. The minimum Gasteiger partial charge on any atom is -0.488 e. The number of rotatable bonds is 4. The highest BCUT2D eigenvalue weighted by Crippen LogP contribution is 2.52. The highest BCUT2D eigenvalue weighted by atomic mass is 16.5. The fourth-order valence-electron chi connectivity index (χ4n) is 4.43. The Kier molecular flexibility index (Phi) is 4.79. The van der Waals surface area contributed by atoms with Gasteiger partial charge in [0.25, 0.3) is 0 Å². The third-order valence-corrected chi connectivity index (χ3v) is 6.25. The van der Waals surface area contributed by atoms with Gasteiger partial charge in [0.2, 0.25) is 0 Å². The predicted molar refractivity (Wildman–Crippen MR) is 118 cm³/mol. The maximum Gasteiger partial charge on any atom is 0.131 e. The van der Waals surface area contributed by atoms with Crippen LogP contribution in [0.4, 0.5) is 0 Å². The molecule has 0 saturated heterocycles. The highest BCUT2D eigenvalue weighted by molar-refractivity contribution is 5.75. The standard InChI is InChI=1S/C27H30O/c1-26(2)17-18-27(3,4)24-23(26)16-15-22(21-13-9-6-10-14-21)25(24)28-19-20-11-7-5-8-12-20/h5-16H,17-19H2,1-4H3. The van der Waals surface area contributed by atoms with Gasteiger partial charge in [-0.05, 0) is 40.4 Å². The minimum atomic E-state index is 0.0989. The van der Waals surface area contributed by atoms with E-state index in [9.17, 15) is 0 Å². The van der Waals surface area contributed by atoms with Gasteiger partial charge in [-0.3, -0.25) is 0 Å². The molecule has 0 bridgehead atoms. The van der Waals surface area contributed by atoms with Crippen molar-refractivity contribution in [3.63, 3.8) is 0 Å². The summed E-state index contributed by atoms with van der Waals surface area (Å²) in [5.74, 6) is 1.06. The van der Waals surface area contributed by atoms with E-state index in [0.29, 0.717) is 6.61 Å². The first-order valence-electron chi connectivity index (χ1n) is 10.3. The summed E-state index contributed by atoms with van der Waals surface area (Å²) in [5, 5.41) is 0. The lowest BCUT2D eigenvalue weighted by Crippen LogP contribution is -2.34. The van der Waals surface area contributed by atoms with Gasteiger partial charge in [0, 0.05) is 11.1 Å². The van der Waals surface area contributed by atoms with E-state index in [1.807, 2.05) is 0 Å². The van der Waals surface area contributed by atoms with E-state index in [1.165, 1.54) is 40.7 Å². The van der Waals surface area contributed by atoms with Crippen LogP contribution >= 0.6 is 0 Å². The number of benzene rings is 3. The molecule has 3 aromatic rings. The van der Waals surface area contributed by atoms with Crippen LogP contribution in [0.25, 0.3) is 11.1 Å². The summed E-state index contributed by atoms with van der Waals surface area (Å²) in [5.41, 5.74) is 6.71. The second-order valence-electron chi connectivity index (χ2n) is 9.27. The third-order valence-electron chi connectivity index (χ3n) is 6.25. The van der Waals surface area contributed by atoms with Crippen LogP contribution in [-0.4, -0.2) is 0 Å². The molecule has 0 radical (unpaired) electrons. The van der Waals surface area contributed by atoms with Crippen molar-refractivity contribution in [1.29, 1.82) is 0 Å². The Labute approximate surface area is 169 Å². The first kappa shape index (κ1) is 18.8. The fraction of sp³-hybridized carbons (Fsp3) is 0.333. The van der Waals surface area contributed by atoms with Crippen LogP contribution in [0.5, 0.6) is 5.75 Å². The SMILES string of the molecule is CC1(C)CCC(C)(C)c2c1ccc(-c1ccccc1)c2OCc1ccccc1. The first-order chi connectivity index (χ1) is 13.4. The molecule has 1 nitrogen and oxygen atoms in total. The van der Waals surface area contributed by atoms with Gasteiger partial charge < -0.3 is 4.74 Å². The average Bonchev–Trinajstić information content (AvgIpc) is 2.71. The van der Waals surface area contributed by atoms with Crippen molar-refractivity contribution < 1.29 is 4.74 Å². The molecule has 0 aromatic heterocycles. The van der Waals surface area contributed by atoms with E-state index >= 15 is 0 Å². The van der Waals surface area contributed by atoms with Crippen molar-refractivity contribution in [3.05, 3.63) is 89.5 Å². The quantitative estimate of drug-likeness (QED) is 0.469. The van der Waals surface area contributed by atoms with Crippen LogP contribution in [-0.2, 0) is 17.4 Å². The van der Waals surface area contributed by atoms with E-state index in [1.54, 1.807) is 0 Å². The van der Waals surface area contributed by atoms with Gasteiger partial charge in [-0.2, -0.15) is 0 Å². The van der Waals surface area contributed by atoms with Gasteiger partial charge in [0.15, 0.2) is 0 Å².